The molecular weight excluding hydrogens is 470 g/mol. The maximum atomic E-state index is 12.8. The van der Waals surface area contributed by atoms with Gasteiger partial charge in [0.15, 0.2) is 5.84 Å². The average molecular weight is 492 g/mol. The van der Waals surface area contributed by atoms with E-state index in [1.165, 1.54) is 16.8 Å². The number of hydrazone groups is 1. The number of amidine groups is 2. The zero-order valence-corrected chi connectivity index (χ0v) is 20.3. The van der Waals surface area contributed by atoms with E-state index in [0.717, 1.165) is 39.2 Å². The minimum Gasteiger partial charge on any atom is -0.491 e. The number of thioether (sulfide) groups is 1. The fourth-order valence-corrected chi connectivity index (χ4v) is 4.99. The molecule has 2 aliphatic heterocycles. The number of aryl methyl sites for hydroxylation is 1. The predicted molar refractivity (Wildman–Crippen MR) is 139 cm³/mol. The molecule has 2 aromatic carbocycles. The van der Waals surface area contributed by atoms with Crippen LogP contribution < -0.4 is 4.74 Å². The Morgan fingerprint density at radius 3 is 2.85 bits per heavy atom. The van der Waals surface area contributed by atoms with Crippen LogP contribution >= 0.6 is 23.4 Å². The average Bonchev–Trinajstić information content (AvgIpc) is 3.39. The minimum absolute atomic E-state index is 0.0457. The van der Waals surface area contributed by atoms with Crippen molar-refractivity contribution in [3.63, 3.8) is 0 Å². The first-order valence-electron chi connectivity index (χ1n) is 10.9. The van der Waals surface area contributed by atoms with E-state index in [-0.39, 0.29) is 11.4 Å². The van der Waals surface area contributed by atoms with Gasteiger partial charge in [0.2, 0.25) is 5.17 Å². The summed E-state index contributed by atoms with van der Waals surface area (Å²) >= 11 is 7.37. The lowest BCUT2D eigenvalue weighted by molar-refractivity contribution is -0.114. The lowest BCUT2D eigenvalue weighted by Crippen LogP contribution is -2.35. The number of rotatable bonds is 6. The summed E-state index contributed by atoms with van der Waals surface area (Å²) in [6, 6.07) is 13.5. The smallest absolute Gasteiger partial charge is 0.283 e. The highest BCUT2D eigenvalue weighted by molar-refractivity contribution is 8.26. The second-order valence-corrected chi connectivity index (χ2v) is 9.40. The first-order chi connectivity index (χ1) is 16.4. The third-order valence-corrected chi connectivity index (χ3v) is 6.93. The van der Waals surface area contributed by atoms with Gasteiger partial charge in [-0.2, -0.15) is 15.1 Å². The number of ether oxygens (including phenoxy) is 1. The quantitative estimate of drug-likeness (QED) is 0.447. The molecule has 0 radical (unpaired) electrons. The summed E-state index contributed by atoms with van der Waals surface area (Å²) in [7, 11) is 0. The van der Waals surface area contributed by atoms with Gasteiger partial charge in [-0.05, 0) is 61.0 Å². The van der Waals surface area contributed by atoms with Crippen LogP contribution in [0.3, 0.4) is 0 Å². The molecule has 1 amide bonds. The van der Waals surface area contributed by atoms with Crippen LogP contribution in [0, 0.1) is 12.3 Å². The number of carbonyl (C=O) groups excluding carboxylic acids is 1. The van der Waals surface area contributed by atoms with Crippen molar-refractivity contribution in [2.45, 2.75) is 26.8 Å². The Morgan fingerprint density at radius 2 is 2.06 bits per heavy atom. The van der Waals surface area contributed by atoms with Crippen LogP contribution in [-0.4, -0.2) is 38.1 Å². The van der Waals surface area contributed by atoms with E-state index in [1.54, 1.807) is 6.08 Å². The van der Waals surface area contributed by atoms with E-state index in [1.807, 2.05) is 62.5 Å². The second-order valence-electron chi connectivity index (χ2n) is 7.92. The Bertz CT molecular complexity index is 1420. The van der Waals surface area contributed by atoms with Crippen LogP contribution in [0.4, 0.5) is 0 Å². The standard InChI is InChI=1S/C25H22ClN5O2S/c1-3-22-29-31-23(27)19(24(32)28-25(31)34-22)13-16-14-30(20-7-5-4-6-18(16)20)10-11-33-21-9-8-17(26)12-15(21)2/h4-9,12-14,27H,3,10-11H2,1-2H3/b19-13+,27-23?. The number of amides is 1. The largest absolute Gasteiger partial charge is 0.491 e. The molecule has 0 spiro atoms. The Morgan fingerprint density at radius 1 is 1.24 bits per heavy atom. The van der Waals surface area contributed by atoms with Crippen molar-refractivity contribution in [1.82, 2.24) is 9.58 Å². The zero-order valence-electron chi connectivity index (χ0n) is 18.7. The predicted octanol–water partition coefficient (Wildman–Crippen LogP) is 5.71. The maximum absolute atomic E-state index is 12.8. The molecule has 0 aliphatic carbocycles. The van der Waals surface area contributed by atoms with Crippen molar-refractivity contribution in [3.05, 3.63) is 70.4 Å². The lowest BCUT2D eigenvalue weighted by Gasteiger charge is -2.20. The molecule has 0 unspecified atom stereocenters. The molecule has 34 heavy (non-hydrogen) atoms. The molecule has 0 saturated carbocycles. The van der Waals surface area contributed by atoms with Gasteiger partial charge < -0.3 is 9.30 Å². The molecular formula is C25H22ClN5O2S. The number of halogens is 1. The summed E-state index contributed by atoms with van der Waals surface area (Å²) in [5, 5.41) is 17.4. The molecule has 2 aliphatic rings. The van der Waals surface area contributed by atoms with Crippen LogP contribution in [0.5, 0.6) is 5.75 Å². The van der Waals surface area contributed by atoms with Gasteiger partial charge in [0.25, 0.3) is 5.91 Å². The summed E-state index contributed by atoms with van der Waals surface area (Å²) in [5.41, 5.74) is 3.07. The highest BCUT2D eigenvalue weighted by Crippen LogP contribution is 2.31. The summed E-state index contributed by atoms with van der Waals surface area (Å²) in [4.78, 5) is 16.9. The van der Waals surface area contributed by atoms with Crippen molar-refractivity contribution in [2.75, 3.05) is 6.61 Å². The van der Waals surface area contributed by atoms with Crippen LogP contribution in [-0.2, 0) is 11.3 Å². The van der Waals surface area contributed by atoms with E-state index in [0.29, 0.717) is 23.3 Å². The highest BCUT2D eigenvalue weighted by Gasteiger charge is 2.35. The maximum Gasteiger partial charge on any atom is 0.283 e. The van der Waals surface area contributed by atoms with E-state index < -0.39 is 5.91 Å². The third-order valence-electron chi connectivity index (χ3n) is 5.64. The Balaban J connectivity index is 1.43. The molecule has 0 saturated heterocycles. The monoisotopic (exact) mass is 491 g/mol. The first kappa shape index (κ1) is 22.4. The first-order valence-corrected chi connectivity index (χ1v) is 12.1. The molecule has 0 fully saturated rings. The van der Waals surface area contributed by atoms with E-state index in [2.05, 4.69) is 14.7 Å². The SMILES string of the molecule is CCC1=NN2C(=N)/C(=C\c3cn(CCOc4ccc(Cl)cc4C)c4ccccc34)C(=O)N=C2S1. The number of fused-ring (bicyclic) bond motifs is 2. The van der Waals surface area contributed by atoms with Gasteiger partial charge in [0.1, 0.15) is 17.4 Å². The molecule has 3 aromatic rings. The summed E-state index contributed by atoms with van der Waals surface area (Å²) in [6.07, 6.45) is 4.44. The van der Waals surface area contributed by atoms with Crippen LogP contribution in [0.2, 0.25) is 5.02 Å². The molecule has 3 heterocycles. The van der Waals surface area contributed by atoms with Gasteiger partial charge in [0, 0.05) is 27.7 Å². The van der Waals surface area contributed by atoms with E-state index in [4.69, 9.17) is 21.7 Å². The number of hydrogen-bond acceptors (Lipinski definition) is 5. The molecule has 0 atom stereocenters. The molecule has 0 bridgehead atoms. The van der Waals surface area contributed by atoms with E-state index >= 15 is 0 Å². The number of aliphatic imine (C=N–C) groups is 1. The van der Waals surface area contributed by atoms with Gasteiger partial charge in [-0.1, -0.05) is 36.7 Å². The number of benzene rings is 2. The second kappa shape index (κ2) is 9.12. The van der Waals surface area contributed by atoms with Crippen LogP contribution in [0.1, 0.15) is 24.5 Å². The number of para-hydroxylation sites is 1. The number of hydrogen-bond donors (Lipinski definition) is 1. The summed E-state index contributed by atoms with van der Waals surface area (Å²) in [6.45, 7) is 5.04. The summed E-state index contributed by atoms with van der Waals surface area (Å²) < 4.78 is 8.08. The summed E-state index contributed by atoms with van der Waals surface area (Å²) in [5.74, 6) is 0.424. The Labute approximate surface area is 206 Å². The number of nitrogens with zero attached hydrogens (tertiary/aromatic N) is 4. The molecule has 1 N–H and O–H groups in total. The molecule has 172 valence electrons. The van der Waals surface area contributed by atoms with Crippen molar-refractivity contribution in [1.29, 1.82) is 5.41 Å². The number of aromatic nitrogens is 1. The molecule has 7 nitrogen and oxygen atoms in total. The van der Waals surface area contributed by atoms with Crippen LogP contribution in [0.15, 0.2) is 64.3 Å². The van der Waals surface area contributed by atoms with Gasteiger partial charge in [-0.15, -0.1) is 0 Å². The fourth-order valence-electron chi connectivity index (χ4n) is 3.93. The fraction of sp³-hybridized carbons (Fsp3) is 0.200. The molecule has 9 heteroatoms. The van der Waals surface area contributed by atoms with Crippen molar-refractivity contribution in [2.24, 2.45) is 10.1 Å². The molecule has 5 rings (SSSR count). The number of nitrogens with one attached hydrogen (secondary N) is 1. The molecule has 1 aromatic heterocycles. The third kappa shape index (κ3) is 4.15. The lowest BCUT2D eigenvalue weighted by atomic mass is 10.1. The zero-order chi connectivity index (χ0) is 23.8. The number of carbonyl (C=O) groups is 1. The van der Waals surface area contributed by atoms with Gasteiger partial charge in [0.05, 0.1) is 12.1 Å². The van der Waals surface area contributed by atoms with Gasteiger partial charge in [-0.3, -0.25) is 10.2 Å². The highest BCUT2D eigenvalue weighted by atomic mass is 35.5. The van der Waals surface area contributed by atoms with Crippen molar-refractivity contribution >= 4 is 62.3 Å². The Kier molecular flexibility index (Phi) is 6.02. The topological polar surface area (TPSA) is 83.0 Å². The normalized spacial score (nSPS) is 16.8. The van der Waals surface area contributed by atoms with Crippen molar-refractivity contribution < 1.29 is 9.53 Å². The van der Waals surface area contributed by atoms with Gasteiger partial charge in [-0.25, -0.2) is 0 Å². The van der Waals surface area contributed by atoms with Crippen molar-refractivity contribution in [3.8, 4) is 5.75 Å². The Hall–Kier alpha value is -3.36. The van der Waals surface area contributed by atoms with Crippen LogP contribution in [0.25, 0.3) is 17.0 Å². The minimum atomic E-state index is -0.422. The van der Waals surface area contributed by atoms with Gasteiger partial charge >= 0.3 is 0 Å². The van der Waals surface area contributed by atoms with E-state index in [9.17, 15) is 4.79 Å².